The smallest absolute Gasteiger partial charge is 0.244 e. The van der Waals surface area contributed by atoms with Gasteiger partial charge in [0.2, 0.25) is 10.0 Å². The van der Waals surface area contributed by atoms with Crippen molar-refractivity contribution in [1.82, 2.24) is 9.29 Å². The van der Waals surface area contributed by atoms with Crippen molar-refractivity contribution in [3.63, 3.8) is 0 Å². The van der Waals surface area contributed by atoms with Gasteiger partial charge in [-0.05, 0) is 46.3 Å². The lowest BCUT2D eigenvalue weighted by molar-refractivity contribution is 0.418. The second-order valence-electron chi connectivity index (χ2n) is 4.33. The van der Waals surface area contributed by atoms with Gasteiger partial charge in [-0.3, -0.25) is 4.98 Å². The predicted molar refractivity (Wildman–Crippen MR) is 89.3 cm³/mol. The maximum atomic E-state index is 12.8. The standard InChI is InChI=1S/C14H14Br2N2O2S/c1-2-18(10-12-5-3-4-8-17-12)21(19,20)14-9-11(15)6-7-13(14)16/h3-9H,2,10H2,1H3. The van der Waals surface area contributed by atoms with Crippen molar-refractivity contribution in [3.8, 4) is 0 Å². The van der Waals surface area contributed by atoms with Gasteiger partial charge >= 0.3 is 0 Å². The first-order valence-corrected chi connectivity index (χ1v) is 9.33. The number of rotatable bonds is 5. The Labute approximate surface area is 141 Å². The Hall–Kier alpha value is -0.760. The van der Waals surface area contributed by atoms with Crippen LogP contribution >= 0.6 is 31.9 Å². The molecule has 0 fully saturated rings. The molecule has 112 valence electrons. The summed E-state index contributed by atoms with van der Waals surface area (Å²) in [7, 11) is -3.59. The van der Waals surface area contributed by atoms with Crippen molar-refractivity contribution < 1.29 is 8.42 Å². The van der Waals surface area contributed by atoms with E-state index >= 15 is 0 Å². The van der Waals surface area contributed by atoms with E-state index in [-0.39, 0.29) is 11.4 Å². The van der Waals surface area contributed by atoms with Gasteiger partial charge in [0.1, 0.15) is 0 Å². The first-order valence-electron chi connectivity index (χ1n) is 6.30. The van der Waals surface area contributed by atoms with E-state index in [1.807, 2.05) is 19.1 Å². The molecule has 21 heavy (non-hydrogen) atoms. The molecular formula is C14H14Br2N2O2S. The fourth-order valence-electron chi connectivity index (χ4n) is 1.85. The summed E-state index contributed by atoms with van der Waals surface area (Å²) in [6, 6.07) is 10.6. The number of benzene rings is 1. The van der Waals surface area contributed by atoms with Gasteiger partial charge in [0.25, 0.3) is 0 Å². The van der Waals surface area contributed by atoms with Gasteiger partial charge in [0, 0.05) is 21.7 Å². The topological polar surface area (TPSA) is 50.3 Å². The van der Waals surface area contributed by atoms with Crippen LogP contribution in [0.15, 0.2) is 56.4 Å². The number of hydrogen-bond acceptors (Lipinski definition) is 3. The van der Waals surface area contributed by atoms with Crippen LogP contribution in [0.5, 0.6) is 0 Å². The lowest BCUT2D eigenvalue weighted by Crippen LogP contribution is -2.31. The monoisotopic (exact) mass is 432 g/mol. The van der Waals surface area contributed by atoms with Crippen LogP contribution < -0.4 is 0 Å². The van der Waals surface area contributed by atoms with E-state index in [4.69, 9.17) is 0 Å². The minimum absolute atomic E-state index is 0.245. The number of hydrogen-bond donors (Lipinski definition) is 0. The molecule has 0 radical (unpaired) electrons. The van der Waals surface area contributed by atoms with Crippen LogP contribution in [0.2, 0.25) is 0 Å². The fourth-order valence-corrected chi connectivity index (χ4v) is 4.74. The van der Waals surface area contributed by atoms with Crippen LogP contribution in [-0.4, -0.2) is 24.3 Å². The number of nitrogens with zero attached hydrogens (tertiary/aromatic N) is 2. The summed E-state index contributed by atoms with van der Waals surface area (Å²) in [6.07, 6.45) is 1.66. The number of halogens is 2. The largest absolute Gasteiger partial charge is 0.260 e. The van der Waals surface area contributed by atoms with Gasteiger partial charge in [-0.25, -0.2) is 8.42 Å². The van der Waals surface area contributed by atoms with Crippen LogP contribution in [0.3, 0.4) is 0 Å². The van der Waals surface area contributed by atoms with Crippen molar-refractivity contribution in [3.05, 3.63) is 57.2 Å². The molecule has 2 rings (SSSR count). The van der Waals surface area contributed by atoms with Gasteiger partial charge in [0.05, 0.1) is 17.1 Å². The Morgan fingerprint density at radius 3 is 2.57 bits per heavy atom. The van der Waals surface area contributed by atoms with Crippen LogP contribution in [0, 0.1) is 0 Å². The third-order valence-corrected chi connectivity index (χ3v) is 6.34. The Morgan fingerprint density at radius 2 is 1.95 bits per heavy atom. The second kappa shape index (κ2) is 7.00. The lowest BCUT2D eigenvalue weighted by atomic mass is 10.3. The molecule has 0 unspecified atom stereocenters. The van der Waals surface area contributed by atoms with E-state index in [9.17, 15) is 8.42 Å². The summed E-state index contributed by atoms with van der Waals surface area (Å²) in [6.45, 7) is 2.43. The molecule has 0 bridgehead atoms. The molecule has 0 atom stereocenters. The Morgan fingerprint density at radius 1 is 1.19 bits per heavy atom. The zero-order valence-corrected chi connectivity index (χ0v) is 15.3. The van der Waals surface area contributed by atoms with Crippen LogP contribution in [0.1, 0.15) is 12.6 Å². The fraction of sp³-hybridized carbons (Fsp3) is 0.214. The zero-order chi connectivity index (χ0) is 15.5. The summed E-state index contributed by atoms with van der Waals surface area (Å²) in [4.78, 5) is 4.43. The molecule has 0 saturated carbocycles. The average Bonchev–Trinajstić information content (AvgIpc) is 2.48. The quantitative estimate of drug-likeness (QED) is 0.720. The molecule has 7 heteroatoms. The van der Waals surface area contributed by atoms with E-state index in [1.165, 1.54) is 4.31 Å². The Kier molecular flexibility index (Phi) is 5.54. The first kappa shape index (κ1) is 16.6. The van der Waals surface area contributed by atoms with E-state index in [0.717, 1.165) is 4.47 Å². The average molecular weight is 434 g/mol. The van der Waals surface area contributed by atoms with Gasteiger partial charge in [-0.15, -0.1) is 0 Å². The molecule has 0 saturated heterocycles. The van der Waals surface area contributed by atoms with Crippen molar-refractivity contribution >= 4 is 41.9 Å². The summed E-state index contributed by atoms with van der Waals surface area (Å²) >= 11 is 6.62. The summed E-state index contributed by atoms with van der Waals surface area (Å²) in [5.74, 6) is 0. The second-order valence-corrected chi connectivity index (χ2v) is 8.00. The maximum Gasteiger partial charge on any atom is 0.244 e. The number of pyridine rings is 1. The van der Waals surface area contributed by atoms with E-state index in [2.05, 4.69) is 36.8 Å². The summed E-state index contributed by atoms with van der Waals surface area (Å²) in [5, 5.41) is 0. The third kappa shape index (κ3) is 3.91. The van der Waals surface area contributed by atoms with Crippen LogP contribution in [0.25, 0.3) is 0 Å². The first-order chi connectivity index (χ1) is 9.95. The lowest BCUT2D eigenvalue weighted by Gasteiger charge is -2.21. The molecule has 1 aromatic carbocycles. The molecule has 2 aromatic rings. The van der Waals surface area contributed by atoms with Crippen LogP contribution in [0.4, 0.5) is 0 Å². The molecule has 0 N–H and O–H groups in total. The van der Waals surface area contributed by atoms with E-state index < -0.39 is 10.0 Å². The normalized spacial score (nSPS) is 11.8. The maximum absolute atomic E-state index is 12.8. The molecule has 4 nitrogen and oxygen atoms in total. The highest BCUT2D eigenvalue weighted by atomic mass is 79.9. The molecule has 0 aliphatic carbocycles. The molecule has 0 spiro atoms. The molecule has 1 heterocycles. The highest BCUT2D eigenvalue weighted by Gasteiger charge is 2.26. The molecule has 0 aliphatic rings. The Bertz CT molecular complexity index is 721. The third-order valence-electron chi connectivity index (χ3n) is 2.93. The van der Waals surface area contributed by atoms with Crippen molar-refractivity contribution in [2.75, 3.05) is 6.54 Å². The molecule has 0 aliphatic heterocycles. The SMILES string of the molecule is CCN(Cc1ccccn1)S(=O)(=O)c1cc(Br)ccc1Br. The highest BCUT2D eigenvalue weighted by molar-refractivity contribution is 9.11. The van der Waals surface area contributed by atoms with E-state index in [0.29, 0.717) is 16.7 Å². The molecule has 1 aromatic heterocycles. The highest BCUT2D eigenvalue weighted by Crippen LogP contribution is 2.28. The van der Waals surface area contributed by atoms with Crippen molar-refractivity contribution in [2.45, 2.75) is 18.4 Å². The van der Waals surface area contributed by atoms with Gasteiger partial charge in [0.15, 0.2) is 0 Å². The summed E-state index contributed by atoms with van der Waals surface area (Å²) in [5.41, 5.74) is 0.717. The van der Waals surface area contributed by atoms with Gasteiger partial charge < -0.3 is 0 Å². The van der Waals surface area contributed by atoms with Crippen molar-refractivity contribution in [2.24, 2.45) is 0 Å². The zero-order valence-electron chi connectivity index (χ0n) is 11.3. The minimum Gasteiger partial charge on any atom is -0.260 e. The van der Waals surface area contributed by atoms with Crippen LogP contribution in [-0.2, 0) is 16.6 Å². The summed E-state index contributed by atoms with van der Waals surface area (Å²) < 4.78 is 28.2. The van der Waals surface area contributed by atoms with Crippen molar-refractivity contribution in [1.29, 1.82) is 0 Å². The number of aromatic nitrogens is 1. The van der Waals surface area contributed by atoms with Gasteiger partial charge in [-0.2, -0.15) is 4.31 Å². The van der Waals surface area contributed by atoms with E-state index in [1.54, 1.807) is 30.5 Å². The Balaban J connectivity index is 2.38. The minimum atomic E-state index is -3.59. The molecule has 0 amide bonds. The molecular weight excluding hydrogens is 420 g/mol. The van der Waals surface area contributed by atoms with Gasteiger partial charge in [-0.1, -0.05) is 28.9 Å². The number of sulfonamides is 1. The predicted octanol–water partition coefficient (Wildman–Crippen LogP) is 3.82.